The number of benzene rings is 1. The molecular formula is C19H16N6. The van der Waals surface area contributed by atoms with E-state index in [0.29, 0.717) is 25.6 Å². The van der Waals surface area contributed by atoms with Crippen molar-refractivity contribution in [1.29, 1.82) is 5.26 Å². The van der Waals surface area contributed by atoms with E-state index in [-0.39, 0.29) is 0 Å². The second-order valence-corrected chi connectivity index (χ2v) is 5.86. The van der Waals surface area contributed by atoms with E-state index in [2.05, 4.69) is 21.5 Å². The lowest BCUT2D eigenvalue weighted by molar-refractivity contribution is 0.415. The van der Waals surface area contributed by atoms with Gasteiger partial charge in [0.05, 0.1) is 24.5 Å². The molecule has 0 fully saturated rings. The zero-order valence-corrected chi connectivity index (χ0v) is 13.6. The van der Waals surface area contributed by atoms with Crippen LogP contribution in [0.25, 0.3) is 11.3 Å². The van der Waals surface area contributed by atoms with Crippen LogP contribution in [-0.4, -0.2) is 19.9 Å². The zero-order valence-electron chi connectivity index (χ0n) is 13.6. The summed E-state index contributed by atoms with van der Waals surface area (Å²) >= 11 is 0. The van der Waals surface area contributed by atoms with Gasteiger partial charge in [-0.15, -0.1) is 0 Å². The average molecular weight is 328 g/mol. The Morgan fingerprint density at radius 1 is 1.08 bits per heavy atom. The smallest absolute Gasteiger partial charge is 0.223 e. The molecule has 25 heavy (non-hydrogen) atoms. The molecule has 0 aliphatic carbocycles. The van der Waals surface area contributed by atoms with Gasteiger partial charge in [0.2, 0.25) is 5.95 Å². The first kappa shape index (κ1) is 15.1. The minimum absolute atomic E-state index is 0.524. The third-order valence-corrected chi connectivity index (χ3v) is 4.14. The Labute approximate surface area is 145 Å². The number of anilines is 1. The normalized spacial score (nSPS) is 12.5. The minimum Gasteiger partial charge on any atom is -0.350 e. The SMILES string of the molecule is N#CN1Cc2nc(NCc3cccnc3)nc(-c3ccccc3)c2C1. The maximum absolute atomic E-state index is 9.23. The highest BCUT2D eigenvalue weighted by molar-refractivity contribution is 5.66. The first-order valence-electron chi connectivity index (χ1n) is 8.06. The highest BCUT2D eigenvalue weighted by Crippen LogP contribution is 2.31. The minimum atomic E-state index is 0.524. The second kappa shape index (κ2) is 6.57. The van der Waals surface area contributed by atoms with Crippen molar-refractivity contribution in [3.8, 4) is 17.5 Å². The van der Waals surface area contributed by atoms with Crippen LogP contribution >= 0.6 is 0 Å². The van der Waals surface area contributed by atoms with Gasteiger partial charge in [-0.3, -0.25) is 4.98 Å². The number of fused-ring (bicyclic) bond motifs is 1. The van der Waals surface area contributed by atoms with Gasteiger partial charge in [-0.25, -0.2) is 9.97 Å². The molecule has 0 spiro atoms. The van der Waals surface area contributed by atoms with E-state index in [1.807, 2.05) is 48.7 Å². The fourth-order valence-corrected chi connectivity index (χ4v) is 2.92. The summed E-state index contributed by atoms with van der Waals surface area (Å²) in [5, 5.41) is 12.5. The molecule has 1 aliphatic heterocycles. The summed E-state index contributed by atoms with van der Waals surface area (Å²) in [7, 11) is 0. The largest absolute Gasteiger partial charge is 0.350 e. The van der Waals surface area contributed by atoms with Crippen molar-refractivity contribution in [2.24, 2.45) is 0 Å². The van der Waals surface area contributed by atoms with E-state index in [4.69, 9.17) is 4.98 Å². The number of aromatic nitrogens is 3. The van der Waals surface area contributed by atoms with Crippen molar-refractivity contribution >= 4 is 5.95 Å². The number of rotatable bonds is 4. The van der Waals surface area contributed by atoms with Gasteiger partial charge in [-0.1, -0.05) is 36.4 Å². The molecule has 0 saturated heterocycles. The first-order chi connectivity index (χ1) is 12.3. The van der Waals surface area contributed by atoms with Crippen LogP contribution in [-0.2, 0) is 19.6 Å². The molecule has 0 radical (unpaired) electrons. The van der Waals surface area contributed by atoms with Crippen LogP contribution in [0.1, 0.15) is 16.8 Å². The quantitative estimate of drug-likeness (QED) is 0.742. The van der Waals surface area contributed by atoms with Crippen LogP contribution in [0.4, 0.5) is 5.95 Å². The molecule has 1 aliphatic rings. The van der Waals surface area contributed by atoms with Crippen LogP contribution < -0.4 is 5.32 Å². The van der Waals surface area contributed by atoms with Gasteiger partial charge in [0.25, 0.3) is 0 Å². The van der Waals surface area contributed by atoms with Crippen LogP contribution in [0.5, 0.6) is 0 Å². The number of nitrogens with one attached hydrogen (secondary N) is 1. The lowest BCUT2D eigenvalue weighted by Crippen LogP contribution is -2.07. The lowest BCUT2D eigenvalue weighted by Gasteiger charge is -2.11. The Morgan fingerprint density at radius 3 is 2.72 bits per heavy atom. The fourth-order valence-electron chi connectivity index (χ4n) is 2.92. The van der Waals surface area contributed by atoms with Crippen LogP contribution in [0.15, 0.2) is 54.9 Å². The topological polar surface area (TPSA) is 77.7 Å². The van der Waals surface area contributed by atoms with Gasteiger partial charge in [-0.2, -0.15) is 5.26 Å². The molecule has 1 aromatic carbocycles. The Morgan fingerprint density at radius 2 is 1.96 bits per heavy atom. The van der Waals surface area contributed by atoms with Crippen molar-refractivity contribution in [2.75, 3.05) is 5.32 Å². The summed E-state index contributed by atoms with van der Waals surface area (Å²) in [5.41, 5.74) is 4.91. The van der Waals surface area contributed by atoms with Crippen molar-refractivity contribution in [1.82, 2.24) is 19.9 Å². The summed E-state index contributed by atoms with van der Waals surface area (Å²) in [6, 6.07) is 13.9. The van der Waals surface area contributed by atoms with E-state index < -0.39 is 0 Å². The number of hydrogen-bond donors (Lipinski definition) is 1. The standard InChI is InChI=1S/C19H16N6/c20-13-25-11-16-17(12-25)23-19(22-10-14-5-4-8-21-9-14)24-18(16)15-6-2-1-3-7-15/h1-9H,10-12H2,(H,22,23,24). The predicted molar refractivity (Wildman–Crippen MR) is 93.9 cm³/mol. The number of pyridine rings is 1. The van der Waals surface area contributed by atoms with Crippen molar-refractivity contribution in [2.45, 2.75) is 19.6 Å². The molecule has 1 N–H and O–H groups in total. The Kier molecular flexibility index (Phi) is 3.97. The third kappa shape index (κ3) is 3.12. The van der Waals surface area contributed by atoms with E-state index in [0.717, 1.165) is 28.1 Å². The van der Waals surface area contributed by atoms with Gasteiger partial charge in [0, 0.05) is 30.1 Å². The van der Waals surface area contributed by atoms with Crippen molar-refractivity contribution in [3.05, 3.63) is 71.7 Å². The predicted octanol–water partition coefficient (Wildman–Crippen LogP) is 2.95. The maximum atomic E-state index is 9.23. The number of nitrogens with zero attached hydrogens (tertiary/aromatic N) is 5. The monoisotopic (exact) mass is 328 g/mol. The highest BCUT2D eigenvalue weighted by atomic mass is 15.2. The first-order valence-corrected chi connectivity index (χ1v) is 8.06. The van der Waals surface area contributed by atoms with E-state index in [9.17, 15) is 5.26 Å². The van der Waals surface area contributed by atoms with E-state index in [1.54, 1.807) is 11.1 Å². The molecule has 122 valence electrons. The molecule has 0 bridgehead atoms. The van der Waals surface area contributed by atoms with E-state index in [1.165, 1.54) is 0 Å². The molecule has 0 amide bonds. The Bertz CT molecular complexity index is 918. The lowest BCUT2D eigenvalue weighted by atomic mass is 10.1. The molecule has 6 heteroatoms. The van der Waals surface area contributed by atoms with Gasteiger partial charge < -0.3 is 10.2 Å². The second-order valence-electron chi connectivity index (χ2n) is 5.86. The summed E-state index contributed by atoms with van der Waals surface area (Å²) in [5.74, 6) is 0.571. The molecule has 0 saturated carbocycles. The van der Waals surface area contributed by atoms with E-state index >= 15 is 0 Å². The molecule has 0 atom stereocenters. The van der Waals surface area contributed by atoms with Gasteiger partial charge in [0.15, 0.2) is 6.19 Å². The van der Waals surface area contributed by atoms with Crippen LogP contribution in [0.2, 0.25) is 0 Å². The Balaban J connectivity index is 1.68. The average Bonchev–Trinajstić information content (AvgIpc) is 3.10. The van der Waals surface area contributed by atoms with Crippen LogP contribution in [0, 0.1) is 11.5 Å². The van der Waals surface area contributed by atoms with Crippen LogP contribution in [0.3, 0.4) is 0 Å². The summed E-state index contributed by atoms with van der Waals surface area (Å²) in [4.78, 5) is 15.1. The molecule has 2 aromatic heterocycles. The summed E-state index contributed by atoms with van der Waals surface area (Å²) in [6.45, 7) is 1.68. The zero-order chi connectivity index (χ0) is 17.1. The maximum Gasteiger partial charge on any atom is 0.223 e. The molecule has 3 aromatic rings. The van der Waals surface area contributed by atoms with Gasteiger partial charge >= 0.3 is 0 Å². The third-order valence-electron chi connectivity index (χ3n) is 4.14. The summed E-state index contributed by atoms with van der Waals surface area (Å²) in [6.07, 6.45) is 5.77. The van der Waals surface area contributed by atoms with Gasteiger partial charge in [0.1, 0.15) is 0 Å². The van der Waals surface area contributed by atoms with Crippen molar-refractivity contribution < 1.29 is 0 Å². The molecular weight excluding hydrogens is 312 g/mol. The Hall–Kier alpha value is -3.46. The summed E-state index contributed by atoms with van der Waals surface area (Å²) < 4.78 is 0. The molecule has 0 unspecified atom stereocenters. The number of hydrogen-bond acceptors (Lipinski definition) is 6. The van der Waals surface area contributed by atoms with Crippen molar-refractivity contribution in [3.63, 3.8) is 0 Å². The highest BCUT2D eigenvalue weighted by Gasteiger charge is 2.25. The molecule has 4 rings (SSSR count). The number of nitriles is 1. The molecule has 3 heterocycles. The fraction of sp³-hybridized carbons (Fsp3) is 0.158. The molecule has 6 nitrogen and oxygen atoms in total. The van der Waals surface area contributed by atoms with Gasteiger partial charge in [-0.05, 0) is 11.6 Å².